The molecular formula is C21H35IN4O3. The number of rotatable bonds is 9. The largest absolute Gasteiger partial charge is 0.467 e. The number of carbonyl (C=O) groups is 1. The number of nitrogens with zero attached hydrogens (tertiary/aromatic N) is 2. The molecule has 0 bridgehead atoms. The Hall–Kier alpha value is -1.29. The van der Waals surface area contributed by atoms with Crippen LogP contribution in [0.2, 0.25) is 0 Å². The number of halogens is 1. The molecule has 1 amide bonds. The number of carbonyl (C=O) groups excluding carboxylic acids is 1. The summed E-state index contributed by atoms with van der Waals surface area (Å²) < 4.78 is 10.8. The number of aliphatic imine (C=N–C) groups is 1. The van der Waals surface area contributed by atoms with Gasteiger partial charge in [0, 0.05) is 44.7 Å². The maximum absolute atomic E-state index is 12.6. The highest BCUT2D eigenvalue weighted by molar-refractivity contribution is 14.0. The summed E-state index contributed by atoms with van der Waals surface area (Å²) in [5.74, 6) is 2.30. The lowest BCUT2D eigenvalue weighted by molar-refractivity contribution is -0.134. The monoisotopic (exact) mass is 518 g/mol. The maximum Gasteiger partial charge on any atom is 0.225 e. The first-order valence-electron chi connectivity index (χ1n) is 10.7. The van der Waals surface area contributed by atoms with E-state index in [0.29, 0.717) is 25.7 Å². The summed E-state index contributed by atoms with van der Waals surface area (Å²) in [7, 11) is 0. The van der Waals surface area contributed by atoms with Gasteiger partial charge in [0.2, 0.25) is 5.91 Å². The third-order valence-corrected chi connectivity index (χ3v) is 5.43. The zero-order valence-electron chi connectivity index (χ0n) is 17.4. The molecule has 1 unspecified atom stereocenters. The van der Waals surface area contributed by atoms with E-state index in [9.17, 15) is 4.79 Å². The first-order valence-corrected chi connectivity index (χ1v) is 10.7. The average molecular weight is 518 g/mol. The van der Waals surface area contributed by atoms with Crippen molar-refractivity contribution in [2.24, 2.45) is 10.9 Å². The number of hydrogen-bond acceptors (Lipinski definition) is 4. The smallest absolute Gasteiger partial charge is 0.225 e. The van der Waals surface area contributed by atoms with Crippen LogP contribution in [-0.4, -0.2) is 55.6 Å². The number of nitrogens with one attached hydrogen (secondary N) is 2. The van der Waals surface area contributed by atoms with Gasteiger partial charge in [-0.3, -0.25) is 9.79 Å². The number of furan rings is 1. The predicted molar refractivity (Wildman–Crippen MR) is 124 cm³/mol. The molecule has 3 rings (SSSR count). The molecule has 1 aromatic rings. The first-order chi connectivity index (χ1) is 13.8. The van der Waals surface area contributed by atoms with E-state index in [1.165, 1.54) is 12.8 Å². The minimum Gasteiger partial charge on any atom is -0.467 e. The van der Waals surface area contributed by atoms with Crippen molar-refractivity contribution in [2.75, 3.05) is 32.8 Å². The highest BCUT2D eigenvalue weighted by Crippen LogP contribution is 2.27. The SMILES string of the molecule is CCNC(=NCCCOCc1ccco1)NC1CCN(C(=O)C2CCCC2)C1.I. The van der Waals surface area contributed by atoms with Gasteiger partial charge >= 0.3 is 0 Å². The first kappa shape index (κ1) is 24.0. The lowest BCUT2D eigenvalue weighted by atomic mass is 10.1. The van der Waals surface area contributed by atoms with Crippen molar-refractivity contribution in [2.45, 2.75) is 58.1 Å². The Kier molecular flexibility index (Phi) is 10.8. The van der Waals surface area contributed by atoms with Crippen LogP contribution in [0, 0.1) is 5.92 Å². The third-order valence-electron chi connectivity index (χ3n) is 5.43. The summed E-state index contributed by atoms with van der Waals surface area (Å²) in [5.41, 5.74) is 0. The normalized spacial score (nSPS) is 20.0. The Bertz CT molecular complexity index is 617. The summed E-state index contributed by atoms with van der Waals surface area (Å²) in [6.45, 7) is 6.37. The fourth-order valence-corrected chi connectivity index (χ4v) is 3.95. The molecule has 0 spiro atoms. The van der Waals surface area contributed by atoms with Crippen LogP contribution in [0.15, 0.2) is 27.8 Å². The van der Waals surface area contributed by atoms with E-state index in [-0.39, 0.29) is 35.9 Å². The van der Waals surface area contributed by atoms with E-state index in [2.05, 4.69) is 22.5 Å². The molecule has 2 aliphatic rings. The van der Waals surface area contributed by atoms with E-state index in [0.717, 1.165) is 57.0 Å². The van der Waals surface area contributed by atoms with Crippen LogP contribution in [0.1, 0.15) is 51.2 Å². The molecule has 29 heavy (non-hydrogen) atoms. The molecule has 1 aliphatic heterocycles. The van der Waals surface area contributed by atoms with Gasteiger partial charge in [-0.05, 0) is 44.7 Å². The van der Waals surface area contributed by atoms with Crippen LogP contribution < -0.4 is 10.6 Å². The molecule has 1 atom stereocenters. The van der Waals surface area contributed by atoms with Gasteiger partial charge < -0.3 is 24.7 Å². The van der Waals surface area contributed by atoms with Crippen LogP contribution in [0.5, 0.6) is 0 Å². The molecule has 1 aromatic heterocycles. The Morgan fingerprint density at radius 2 is 2.17 bits per heavy atom. The lowest BCUT2D eigenvalue weighted by Gasteiger charge is -2.21. The van der Waals surface area contributed by atoms with Gasteiger partial charge in [-0.15, -0.1) is 24.0 Å². The van der Waals surface area contributed by atoms with Gasteiger partial charge in [0.1, 0.15) is 12.4 Å². The molecule has 1 saturated carbocycles. The number of guanidine groups is 1. The van der Waals surface area contributed by atoms with E-state index in [1.807, 2.05) is 17.0 Å². The standard InChI is InChI=1S/C21H34N4O3.HI/c1-2-22-21(23-11-6-13-27-16-19-9-5-14-28-19)24-18-10-12-25(15-18)20(26)17-7-3-4-8-17;/h5,9,14,17-18H,2-4,6-8,10-13,15-16H2,1H3,(H2,22,23,24);1H. The maximum atomic E-state index is 12.6. The lowest BCUT2D eigenvalue weighted by Crippen LogP contribution is -2.45. The van der Waals surface area contributed by atoms with Crippen molar-refractivity contribution >= 4 is 35.8 Å². The zero-order valence-corrected chi connectivity index (χ0v) is 19.7. The zero-order chi connectivity index (χ0) is 19.6. The van der Waals surface area contributed by atoms with Gasteiger partial charge in [0.05, 0.1) is 6.26 Å². The molecular weight excluding hydrogens is 483 g/mol. The highest BCUT2D eigenvalue weighted by atomic mass is 127. The summed E-state index contributed by atoms with van der Waals surface area (Å²) in [5, 5.41) is 6.80. The second-order valence-corrected chi connectivity index (χ2v) is 7.64. The number of ether oxygens (including phenoxy) is 1. The van der Waals surface area contributed by atoms with Crippen LogP contribution in [0.3, 0.4) is 0 Å². The van der Waals surface area contributed by atoms with E-state index in [1.54, 1.807) is 6.26 Å². The highest BCUT2D eigenvalue weighted by Gasteiger charge is 2.32. The number of likely N-dealkylation sites (tertiary alicyclic amines) is 1. The van der Waals surface area contributed by atoms with Gasteiger partial charge in [-0.1, -0.05) is 12.8 Å². The molecule has 2 N–H and O–H groups in total. The van der Waals surface area contributed by atoms with Crippen molar-refractivity contribution < 1.29 is 13.9 Å². The fraction of sp³-hybridized carbons (Fsp3) is 0.714. The van der Waals surface area contributed by atoms with Gasteiger partial charge in [-0.25, -0.2) is 0 Å². The second-order valence-electron chi connectivity index (χ2n) is 7.64. The Morgan fingerprint density at radius 3 is 2.90 bits per heavy atom. The molecule has 2 heterocycles. The molecule has 1 saturated heterocycles. The molecule has 164 valence electrons. The molecule has 2 fully saturated rings. The quantitative estimate of drug-likeness (QED) is 0.227. The summed E-state index contributed by atoms with van der Waals surface area (Å²) in [6, 6.07) is 4.05. The summed E-state index contributed by atoms with van der Waals surface area (Å²) in [6.07, 6.45) is 8.04. The van der Waals surface area contributed by atoms with Crippen LogP contribution in [0.25, 0.3) is 0 Å². The number of hydrogen-bond donors (Lipinski definition) is 2. The van der Waals surface area contributed by atoms with E-state index >= 15 is 0 Å². The molecule has 8 heteroatoms. The third kappa shape index (κ3) is 7.81. The van der Waals surface area contributed by atoms with Gasteiger partial charge in [0.15, 0.2) is 5.96 Å². The van der Waals surface area contributed by atoms with E-state index < -0.39 is 0 Å². The van der Waals surface area contributed by atoms with Gasteiger partial charge in [-0.2, -0.15) is 0 Å². The average Bonchev–Trinajstić information content (AvgIpc) is 3.47. The fourth-order valence-electron chi connectivity index (χ4n) is 3.95. The molecule has 0 radical (unpaired) electrons. The minimum atomic E-state index is 0. The topological polar surface area (TPSA) is 79.1 Å². The predicted octanol–water partition coefficient (Wildman–Crippen LogP) is 3.15. The van der Waals surface area contributed by atoms with Crippen molar-refractivity contribution in [3.8, 4) is 0 Å². The van der Waals surface area contributed by atoms with Crippen LogP contribution in [-0.2, 0) is 16.1 Å². The van der Waals surface area contributed by atoms with Crippen molar-refractivity contribution in [3.05, 3.63) is 24.2 Å². The minimum absolute atomic E-state index is 0. The Balaban J connectivity index is 0.00000300. The van der Waals surface area contributed by atoms with Crippen molar-refractivity contribution in [1.82, 2.24) is 15.5 Å². The number of amides is 1. The summed E-state index contributed by atoms with van der Waals surface area (Å²) in [4.78, 5) is 19.3. The van der Waals surface area contributed by atoms with Gasteiger partial charge in [0.25, 0.3) is 0 Å². The van der Waals surface area contributed by atoms with Crippen LogP contribution >= 0.6 is 24.0 Å². The van der Waals surface area contributed by atoms with Crippen molar-refractivity contribution in [3.63, 3.8) is 0 Å². The Labute approximate surface area is 191 Å². The summed E-state index contributed by atoms with van der Waals surface area (Å²) >= 11 is 0. The van der Waals surface area contributed by atoms with Crippen LogP contribution in [0.4, 0.5) is 0 Å². The Morgan fingerprint density at radius 1 is 1.34 bits per heavy atom. The van der Waals surface area contributed by atoms with Crippen molar-refractivity contribution in [1.29, 1.82) is 0 Å². The van der Waals surface area contributed by atoms with E-state index in [4.69, 9.17) is 9.15 Å². The second kappa shape index (κ2) is 13.1. The molecule has 0 aromatic carbocycles. The molecule has 1 aliphatic carbocycles. The molecule has 7 nitrogen and oxygen atoms in total.